The van der Waals surface area contributed by atoms with Crippen molar-refractivity contribution in [1.29, 1.82) is 0 Å². The van der Waals surface area contributed by atoms with Crippen molar-refractivity contribution in [2.45, 2.75) is 26.8 Å². The molecule has 2 N–H and O–H groups in total. The third-order valence-electron chi connectivity index (χ3n) is 2.29. The molecular formula is C13H15Cl2N3O2. The van der Waals surface area contributed by atoms with Gasteiger partial charge in [0, 0.05) is 6.04 Å². The summed E-state index contributed by atoms with van der Waals surface area (Å²) in [6.45, 7) is 5.20. The standard InChI is InChI=1S/C13H15Cl2N3O2/c1-7(2)16-12(19)13(20)18-17-8(3)9-4-5-10(14)11(15)6-9/h4-7H,1-3H3,(H,16,19)(H,18,20)/b17-8-. The molecule has 0 atom stereocenters. The van der Waals surface area contributed by atoms with Gasteiger partial charge in [-0.2, -0.15) is 5.10 Å². The molecule has 20 heavy (non-hydrogen) atoms. The van der Waals surface area contributed by atoms with Gasteiger partial charge in [-0.05, 0) is 38.5 Å². The highest BCUT2D eigenvalue weighted by atomic mass is 35.5. The average molecular weight is 316 g/mol. The molecular weight excluding hydrogens is 301 g/mol. The fraction of sp³-hybridized carbons (Fsp3) is 0.308. The minimum atomic E-state index is -0.821. The highest BCUT2D eigenvalue weighted by Gasteiger charge is 2.13. The molecule has 1 aromatic rings. The topological polar surface area (TPSA) is 70.6 Å². The van der Waals surface area contributed by atoms with E-state index in [1.807, 2.05) is 0 Å². The summed E-state index contributed by atoms with van der Waals surface area (Å²) >= 11 is 11.7. The van der Waals surface area contributed by atoms with E-state index in [0.29, 0.717) is 21.3 Å². The predicted molar refractivity (Wildman–Crippen MR) is 80.1 cm³/mol. The first-order valence-electron chi connectivity index (χ1n) is 5.91. The summed E-state index contributed by atoms with van der Waals surface area (Å²) < 4.78 is 0. The van der Waals surface area contributed by atoms with Crippen molar-refractivity contribution in [1.82, 2.24) is 10.7 Å². The van der Waals surface area contributed by atoms with Gasteiger partial charge in [-0.15, -0.1) is 0 Å². The molecule has 0 fully saturated rings. The number of hydrazone groups is 1. The van der Waals surface area contributed by atoms with E-state index < -0.39 is 11.8 Å². The van der Waals surface area contributed by atoms with Crippen molar-refractivity contribution >= 4 is 40.7 Å². The first-order valence-corrected chi connectivity index (χ1v) is 6.67. The smallest absolute Gasteiger partial charge is 0.329 e. The third-order valence-corrected chi connectivity index (χ3v) is 3.03. The van der Waals surface area contributed by atoms with Gasteiger partial charge in [0.25, 0.3) is 0 Å². The Morgan fingerprint density at radius 2 is 1.80 bits per heavy atom. The van der Waals surface area contributed by atoms with Crippen molar-refractivity contribution in [2.24, 2.45) is 5.10 Å². The molecule has 1 rings (SSSR count). The SMILES string of the molecule is C/C(=N/NC(=O)C(=O)NC(C)C)c1ccc(Cl)c(Cl)c1. The lowest BCUT2D eigenvalue weighted by atomic mass is 10.1. The molecule has 0 unspecified atom stereocenters. The number of benzene rings is 1. The molecule has 0 aromatic heterocycles. The second-order valence-electron chi connectivity index (χ2n) is 4.40. The minimum Gasteiger partial charge on any atom is -0.346 e. The van der Waals surface area contributed by atoms with Gasteiger partial charge in [-0.25, -0.2) is 5.43 Å². The first-order chi connectivity index (χ1) is 9.31. The van der Waals surface area contributed by atoms with Gasteiger partial charge in [0.15, 0.2) is 0 Å². The number of rotatable bonds is 3. The Morgan fingerprint density at radius 1 is 1.15 bits per heavy atom. The second kappa shape index (κ2) is 7.26. The quantitative estimate of drug-likeness (QED) is 0.510. The Balaban J connectivity index is 2.72. The maximum absolute atomic E-state index is 11.5. The lowest BCUT2D eigenvalue weighted by Crippen LogP contribution is -2.41. The van der Waals surface area contributed by atoms with Crippen molar-refractivity contribution in [2.75, 3.05) is 0 Å². The number of nitrogens with one attached hydrogen (secondary N) is 2. The maximum atomic E-state index is 11.5. The zero-order valence-electron chi connectivity index (χ0n) is 11.3. The van der Waals surface area contributed by atoms with Crippen LogP contribution in [0.3, 0.4) is 0 Å². The Hall–Kier alpha value is -1.59. The molecule has 0 aliphatic heterocycles. The zero-order valence-corrected chi connectivity index (χ0v) is 12.8. The molecule has 0 aliphatic rings. The summed E-state index contributed by atoms with van der Waals surface area (Å²) in [5.41, 5.74) is 3.39. The molecule has 0 spiro atoms. The lowest BCUT2D eigenvalue weighted by Gasteiger charge is -2.07. The van der Waals surface area contributed by atoms with Crippen molar-refractivity contribution in [3.63, 3.8) is 0 Å². The molecule has 0 bridgehead atoms. The van der Waals surface area contributed by atoms with Crippen LogP contribution in [0.1, 0.15) is 26.3 Å². The number of hydrogen-bond donors (Lipinski definition) is 2. The number of carbonyl (C=O) groups is 2. The molecule has 0 heterocycles. The Labute approximate surface area is 127 Å². The van der Waals surface area contributed by atoms with Crippen LogP contribution in [0.25, 0.3) is 0 Å². The van der Waals surface area contributed by atoms with Crippen LogP contribution >= 0.6 is 23.2 Å². The fourth-order valence-electron chi connectivity index (χ4n) is 1.30. The van der Waals surface area contributed by atoms with E-state index in [2.05, 4.69) is 15.8 Å². The normalized spacial score (nSPS) is 11.4. The number of hydrogen-bond acceptors (Lipinski definition) is 3. The summed E-state index contributed by atoms with van der Waals surface area (Å²) in [5, 5.41) is 7.14. The van der Waals surface area contributed by atoms with Crippen LogP contribution in [0.5, 0.6) is 0 Å². The van der Waals surface area contributed by atoms with E-state index in [4.69, 9.17) is 23.2 Å². The van der Waals surface area contributed by atoms with Gasteiger partial charge in [-0.3, -0.25) is 9.59 Å². The second-order valence-corrected chi connectivity index (χ2v) is 5.21. The first kappa shape index (κ1) is 16.5. The van der Waals surface area contributed by atoms with E-state index in [-0.39, 0.29) is 6.04 Å². The fourth-order valence-corrected chi connectivity index (χ4v) is 1.60. The van der Waals surface area contributed by atoms with E-state index >= 15 is 0 Å². The molecule has 0 saturated carbocycles. The van der Waals surface area contributed by atoms with Gasteiger partial charge in [0.05, 0.1) is 15.8 Å². The lowest BCUT2D eigenvalue weighted by molar-refractivity contribution is -0.139. The number of halogens is 2. The van der Waals surface area contributed by atoms with Crippen LogP contribution in [-0.2, 0) is 9.59 Å². The van der Waals surface area contributed by atoms with Crippen LogP contribution in [0.15, 0.2) is 23.3 Å². The van der Waals surface area contributed by atoms with Gasteiger partial charge in [0.1, 0.15) is 0 Å². The van der Waals surface area contributed by atoms with E-state index in [0.717, 1.165) is 0 Å². The molecule has 0 saturated heterocycles. The number of carbonyl (C=O) groups excluding carboxylic acids is 2. The van der Waals surface area contributed by atoms with Crippen LogP contribution in [0.2, 0.25) is 10.0 Å². The third kappa shape index (κ3) is 4.83. The monoisotopic (exact) mass is 315 g/mol. The van der Waals surface area contributed by atoms with Crippen LogP contribution in [-0.4, -0.2) is 23.6 Å². The predicted octanol–water partition coefficient (Wildman–Crippen LogP) is 2.36. The summed E-state index contributed by atoms with van der Waals surface area (Å²) in [7, 11) is 0. The Bertz CT molecular complexity index is 557. The van der Waals surface area contributed by atoms with Crippen LogP contribution < -0.4 is 10.7 Å². The largest absolute Gasteiger partial charge is 0.346 e. The number of nitrogens with zero attached hydrogens (tertiary/aromatic N) is 1. The highest BCUT2D eigenvalue weighted by Crippen LogP contribution is 2.22. The highest BCUT2D eigenvalue weighted by molar-refractivity contribution is 6.42. The average Bonchev–Trinajstić information content (AvgIpc) is 2.37. The zero-order chi connectivity index (χ0) is 15.3. The molecule has 108 valence electrons. The van der Waals surface area contributed by atoms with Gasteiger partial charge < -0.3 is 5.32 Å². The van der Waals surface area contributed by atoms with E-state index in [1.165, 1.54) is 0 Å². The summed E-state index contributed by atoms with van der Waals surface area (Å²) in [6.07, 6.45) is 0. The molecule has 7 heteroatoms. The minimum absolute atomic E-state index is 0.117. The van der Waals surface area contributed by atoms with Crippen LogP contribution in [0.4, 0.5) is 0 Å². The van der Waals surface area contributed by atoms with Crippen molar-refractivity contribution in [3.8, 4) is 0 Å². The van der Waals surface area contributed by atoms with Crippen molar-refractivity contribution in [3.05, 3.63) is 33.8 Å². The van der Waals surface area contributed by atoms with Gasteiger partial charge >= 0.3 is 11.8 Å². The summed E-state index contributed by atoms with van der Waals surface area (Å²) in [6, 6.07) is 4.86. The Kier molecular flexibility index (Phi) is 5.98. The Morgan fingerprint density at radius 3 is 2.35 bits per heavy atom. The summed E-state index contributed by atoms with van der Waals surface area (Å²) in [4.78, 5) is 22.8. The van der Waals surface area contributed by atoms with Gasteiger partial charge in [-0.1, -0.05) is 29.3 Å². The molecule has 0 radical (unpaired) electrons. The van der Waals surface area contributed by atoms with Gasteiger partial charge in [0.2, 0.25) is 0 Å². The molecule has 2 amide bonds. The molecule has 5 nitrogen and oxygen atoms in total. The molecule has 1 aromatic carbocycles. The molecule has 0 aliphatic carbocycles. The van der Waals surface area contributed by atoms with Crippen LogP contribution in [0, 0.1) is 0 Å². The van der Waals surface area contributed by atoms with E-state index in [9.17, 15) is 9.59 Å². The van der Waals surface area contributed by atoms with E-state index in [1.54, 1.807) is 39.0 Å². The van der Waals surface area contributed by atoms with Crippen molar-refractivity contribution < 1.29 is 9.59 Å². The number of amides is 2. The summed E-state index contributed by atoms with van der Waals surface area (Å²) in [5.74, 6) is -1.55. The maximum Gasteiger partial charge on any atom is 0.329 e.